The summed E-state index contributed by atoms with van der Waals surface area (Å²) in [7, 11) is 0. The Morgan fingerprint density at radius 3 is 2.87 bits per heavy atom. The van der Waals surface area contributed by atoms with Crippen molar-refractivity contribution in [3.63, 3.8) is 0 Å². The summed E-state index contributed by atoms with van der Waals surface area (Å²) in [5, 5.41) is 20.6. The first-order valence-corrected chi connectivity index (χ1v) is 4.81. The third-order valence-corrected chi connectivity index (χ3v) is 2.65. The van der Waals surface area contributed by atoms with Gasteiger partial charge in [0, 0.05) is 4.47 Å². The molecule has 76 valence electrons. The Bertz CT molecular complexity index is 556. The summed E-state index contributed by atoms with van der Waals surface area (Å²) in [6.45, 7) is 0. The molecule has 0 aliphatic rings. The smallest absolute Gasteiger partial charge is 0.329 e. The SMILES string of the molecule is O=[N+]([O-])c1cnc2cccc(Br)c2c1O. The van der Waals surface area contributed by atoms with E-state index in [-0.39, 0.29) is 5.75 Å². The van der Waals surface area contributed by atoms with Gasteiger partial charge in [-0.2, -0.15) is 0 Å². The van der Waals surface area contributed by atoms with E-state index in [4.69, 9.17) is 0 Å². The highest BCUT2D eigenvalue weighted by Crippen LogP contribution is 2.36. The molecule has 0 spiro atoms. The van der Waals surface area contributed by atoms with Crippen LogP contribution < -0.4 is 0 Å². The van der Waals surface area contributed by atoms with Crippen molar-refractivity contribution in [1.82, 2.24) is 4.98 Å². The van der Waals surface area contributed by atoms with Gasteiger partial charge >= 0.3 is 5.69 Å². The van der Waals surface area contributed by atoms with Crippen LogP contribution in [0.1, 0.15) is 0 Å². The van der Waals surface area contributed by atoms with Crippen LogP contribution in [-0.2, 0) is 0 Å². The number of hydrogen-bond donors (Lipinski definition) is 1. The third kappa shape index (κ3) is 1.52. The fourth-order valence-corrected chi connectivity index (χ4v) is 1.85. The van der Waals surface area contributed by atoms with Crippen molar-refractivity contribution in [2.45, 2.75) is 0 Å². The van der Waals surface area contributed by atoms with Crippen molar-refractivity contribution < 1.29 is 10.0 Å². The van der Waals surface area contributed by atoms with E-state index in [1.54, 1.807) is 18.2 Å². The zero-order valence-electron chi connectivity index (χ0n) is 7.35. The molecular weight excluding hydrogens is 264 g/mol. The maximum absolute atomic E-state index is 10.6. The van der Waals surface area contributed by atoms with Gasteiger partial charge in [-0.05, 0) is 28.1 Å². The summed E-state index contributed by atoms with van der Waals surface area (Å²) < 4.78 is 0.578. The summed E-state index contributed by atoms with van der Waals surface area (Å²) in [4.78, 5) is 13.8. The maximum Gasteiger partial charge on any atom is 0.329 e. The lowest BCUT2D eigenvalue weighted by atomic mass is 10.2. The Morgan fingerprint density at radius 1 is 1.47 bits per heavy atom. The molecule has 0 fully saturated rings. The Hall–Kier alpha value is -1.69. The molecule has 0 atom stereocenters. The third-order valence-electron chi connectivity index (χ3n) is 1.99. The number of nitro groups is 1. The van der Waals surface area contributed by atoms with Gasteiger partial charge in [0.2, 0.25) is 5.75 Å². The van der Waals surface area contributed by atoms with Gasteiger partial charge in [0.25, 0.3) is 0 Å². The van der Waals surface area contributed by atoms with Crippen LogP contribution in [0.25, 0.3) is 10.9 Å². The summed E-state index contributed by atoms with van der Waals surface area (Å²) >= 11 is 3.21. The lowest BCUT2D eigenvalue weighted by Crippen LogP contribution is -1.91. The van der Waals surface area contributed by atoms with Gasteiger partial charge in [-0.3, -0.25) is 10.1 Å². The normalized spacial score (nSPS) is 10.5. The summed E-state index contributed by atoms with van der Waals surface area (Å²) in [5.41, 5.74) is 0.113. The molecule has 0 saturated heterocycles. The van der Waals surface area contributed by atoms with Gasteiger partial charge in [-0.1, -0.05) is 6.07 Å². The second-order valence-corrected chi connectivity index (χ2v) is 3.74. The molecule has 15 heavy (non-hydrogen) atoms. The zero-order valence-corrected chi connectivity index (χ0v) is 8.93. The molecule has 5 nitrogen and oxygen atoms in total. The number of nitrogens with zero attached hydrogens (tertiary/aromatic N) is 2. The molecular formula is C9H5BrN2O3. The first-order chi connectivity index (χ1) is 7.11. The number of fused-ring (bicyclic) bond motifs is 1. The topological polar surface area (TPSA) is 76.3 Å². The van der Waals surface area contributed by atoms with Crippen LogP contribution in [0.5, 0.6) is 5.75 Å². The lowest BCUT2D eigenvalue weighted by molar-refractivity contribution is -0.386. The number of aromatic nitrogens is 1. The molecule has 0 radical (unpaired) electrons. The quantitative estimate of drug-likeness (QED) is 0.637. The number of hydrogen-bond acceptors (Lipinski definition) is 4. The fourth-order valence-electron chi connectivity index (χ4n) is 1.31. The largest absolute Gasteiger partial charge is 0.502 e. The number of halogens is 1. The van der Waals surface area contributed by atoms with Gasteiger partial charge in [0.15, 0.2) is 0 Å². The molecule has 0 saturated carbocycles. The maximum atomic E-state index is 10.6. The van der Waals surface area contributed by atoms with Crippen LogP contribution in [0.3, 0.4) is 0 Å². The van der Waals surface area contributed by atoms with Crippen LogP contribution in [0, 0.1) is 10.1 Å². The van der Waals surface area contributed by atoms with E-state index < -0.39 is 10.6 Å². The van der Waals surface area contributed by atoms with Crippen LogP contribution in [-0.4, -0.2) is 15.0 Å². The molecule has 0 aliphatic heterocycles. The van der Waals surface area contributed by atoms with Gasteiger partial charge in [0.05, 0.1) is 15.8 Å². The average molecular weight is 269 g/mol. The van der Waals surface area contributed by atoms with E-state index in [2.05, 4.69) is 20.9 Å². The minimum Gasteiger partial charge on any atom is -0.502 e. The van der Waals surface area contributed by atoms with Crippen LogP contribution in [0.4, 0.5) is 5.69 Å². The highest BCUT2D eigenvalue weighted by atomic mass is 79.9. The molecule has 0 bridgehead atoms. The van der Waals surface area contributed by atoms with E-state index in [1.807, 2.05) is 0 Å². The fraction of sp³-hybridized carbons (Fsp3) is 0. The van der Waals surface area contributed by atoms with Crippen molar-refractivity contribution in [3.8, 4) is 5.75 Å². The minimum atomic E-state index is -0.665. The van der Waals surface area contributed by atoms with Crippen LogP contribution in [0.15, 0.2) is 28.9 Å². The second kappa shape index (κ2) is 3.47. The first-order valence-electron chi connectivity index (χ1n) is 4.02. The van der Waals surface area contributed by atoms with Crippen molar-refractivity contribution in [2.24, 2.45) is 0 Å². The predicted octanol–water partition coefficient (Wildman–Crippen LogP) is 2.61. The van der Waals surface area contributed by atoms with E-state index in [0.717, 1.165) is 6.20 Å². The molecule has 1 N–H and O–H groups in total. The van der Waals surface area contributed by atoms with Gasteiger partial charge in [-0.25, -0.2) is 4.98 Å². The molecule has 1 heterocycles. The van der Waals surface area contributed by atoms with Crippen molar-refractivity contribution in [2.75, 3.05) is 0 Å². The zero-order chi connectivity index (χ0) is 11.0. The van der Waals surface area contributed by atoms with E-state index in [9.17, 15) is 15.2 Å². The molecule has 2 rings (SSSR count). The van der Waals surface area contributed by atoms with Crippen molar-refractivity contribution >= 4 is 32.5 Å². The second-order valence-electron chi connectivity index (χ2n) is 2.88. The Balaban J connectivity index is 2.89. The van der Waals surface area contributed by atoms with Crippen LogP contribution >= 0.6 is 15.9 Å². The number of aromatic hydroxyl groups is 1. The molecule has 0 unspecified atom stereocenters. The Kier molecular flexibility index (Phi) is 2.28. The van der Waals surface area contributed by atoms with Gasteiger partial charge < -0.3 is 5.11 Å². The molecule has 0 aliphatic carbocycles. The standard InChI is InChI=1S/C9H5BrN2O3/c10-5-2-1-3-6-8(5)9(13)7(4-11-6)12(14)15/h1-4H,(H,11,13). The number of benzene rings is 1. The van der Waals surface area contributed by atoms with E-state index in [0.29, 0.717) is 15.4 Å². The minimum absolute atomic E-state index is 0.353. The Morgan fingerprint density at radius 2 is 2.20 bits per heavy atom. The molecule has 0 amide bonds. The first kappa shape index (κ1) is 9.85. The number of rotatable bonds is 1. The summed E-state index contributed by atoms with van der Waals surface area (Å²) in [5.74, 6) is -0.363. The lowest BCUT2D eigenvalue weighted by Gasteiger charge is -2.02. The van der Waals surface area contributed by atoms with Gasteiger partial charge in [-0.15, -0.1) is 0 Å². The highest BCUT2D eigenvalue weighted by Gasteiger charge is 2.18. The molecule has 1 aromatic carbocycles. The molecule has 2 aromatic rings. The number of pyridine rings is 1. The van der Waals surface area contributed by atoms with E-state index in [1.165, 1.54) is 0 Å². The monoisotopic (exact) mass is 268 g/mol. The van der Waals surface area contributed by atoms with Crippen LogP contribution in [0.2, 0.25) is 0 Å². The van der Waals surface area contributed by atoms with E-state index >= 15 is 0 Å². The van der Waals surface area contributed by atoms with Crippen molar-refractivity contribution in [1.29, 1.82) is 0 Å². The average Bonchev–Trinajstić information content (AvgIpc) is 2.17. The highest BCUT2D eigenvalue weighted by molar-refractivity contribution is 9.10. The predicted molar refractivity (Wildman–Crippen MR) is 57.8 cm³/mol. The van der Waals surface area contributed by atoms with Gasteiger partial charge in [0.1, 0.15) is 6.20 Å². The molecule has 1 aromatic heterocycles. The van der Waals surface area contributed by atoms with Crippen molar-refractivity contribution in [3.05, 3.63) is 39.0 Å². The Labute approximate surface area is 92.6 Å². The molecule has 6 heteroatoms. The summed E-state index contributed by atoms with van der Waals surface area (Å²) in [6, 6.07) is 5.10. The summed E-state index contributed by atoms with van der Waals surface area (Å²) in [6.07, 6.45) is 1.05.